The molecule has 0 spiro atoms. The maximum atomic E-state index is 13.2. The fraction of sp³-hybridized carbons (Fsp3) is 0.0741. The number of aromatic nitrogens is 6. The minimum Gasteiger partial charge on any atom is -0.457 e. The summed E-state index contributed by atoms with van der Waals surface area (Å²) < 4.78 is 21.2. The van der Waals surface area contributed by atoms with E-state index in [1.54, 1.807) is 36.7 Å². The Hall–Kier alpha value is -4.81. The smallest absolute Gasteiger partial charge is 0.269 e. The standard InChI is InChI=1S/C27H20ClFN8O2S/c1-14-12-31-24(33-14)21-11-17(7-8-30-21)39-16-4-6-22-20(10-16)36-27(37(22)2)34-15-3-5-18(28)19(9-15)35-25(38)23-13-32-26(29)40-23/h3-13H,1-2H3,(H,31,33)(H,34,36)(H,35,38). The van der Waals surface area contributed by atoms with Crippen LogP contribution in [0.25, 0.3) is 22.6 Å². The van der Waals surface area contributed by atoms with Gasteiger partial charge in [-0.1, -0.05) is 22.9 Å². The maximum Gasteiger partial charge on any atom is 0.269 e. The number of aromatic amines is 1. The molecule has 1 amide bonds. The van der Waals surface area contributed by atoms with Gasteiger partial charge in [-0.25, -0.2) is 15.0 Å². The van der Waals surface area contributed by atoms with E-state index in [1.807, 2.05) is 42.8 Å². The largest absolute Gasteiger partial charge is 0.457 e. The second-order valence-electron chi connectivity index (χ2n) is 8.79. The number of benzene rings is 2. The SMILES string of the molecule is Cc1cnc(-c2cc(Oc3ccc4c(c3)nc(Nc3ccc(Cl)c(NC(=O)c5cnc(F)s5)c3)n4C)ccn2)[nH]1. The summed E-state index contributed by atoms with van der Waals surface area (Å²) in [6.45, 7) is 1.93. The van der Waals surface area contributed by atoms with E-state index in [-0.39, 0.29) is 4.88 Å². The van der Waals surface area contributed by atoms with Gasteiger partial charge >= 0.3 is 0 Å². The molecule has 0 aliphatic heterocycles. The Kier molecular flexibility index (Phi) is 6.62. The molecule has 0 aliphatic carbocycles. The first kappa shape index (κ1) is 25.5. The highest BCUT2D eigenvalue weighted by molar-refractivity contribution is 7.12. The highest BCUT2D eigenvalue weighted by Crippen LogP contribution is 2.31. The second kappa shape index (κ2) is 10.4. The predicted octanol–water partition coefficient (Wildman–Crippen LogP) is 6.70. The Labute approximate surface area is 235 Å². The molecule has 4 aromatic heterocycles. The van der Waals surface area contributed by atoms with Gasteiger partial charge in [-0.15, -0.1) is 0 Å². The Morgan fingerprint density at radius 3 is 2.70 bits per heavy atom. The van der Waals surface area contributed by atoms with E-state index in [0.29, 0.717) is 62.2 Å². The van der Waals surface area contributed by atoms with Gasteiger partial charge < -0.3 is 24.9 Å². The molecule has 0 saturated carbocycles. The van der Waals surface area contributed by atoms with E-state index >= 15 is 0 Å². The normalized spacial score (nSPS) is 11.1. The van der Waals surface area contributed by atoms with E-state index in [1.165, 1.54) is 6.20 Å². The summed E-state index contributed by atoms with van der Waals surface area (Å²) >= 11 is 6.94. The molecule has 0 saturated heterocycles. The fourth-order valence-corrected chi connectivity index (χ4v) is 4.71. The number of nitrogens with zero attached hydrogens (tertiary/aromatic N) is 5. The Bertz CT molecular complexity index is 1880. The number of imidazole rings is 2. The summed E-state index contributed by atoms with van der Waals surface area (Å²) in [6.07, 6.45) is 4.59. The fourth-order valence-electron chi connectivity index (χ4n) is 4.01. The average Bonchev–Trinajstić information content (AvgIpc) is 3.65. The van der Waals surface area contributed by atoms with Gasteiger partial charge in [0, 0.05) is 43.0 Å². The van der Waals surface area contributed by atoms with Gasteiger partial charge in [-0.2, -0.15) is 4.39 Å². The van der Waals surface area contributed by atoms with E-state index < -0.39 is 11.2 Å². The third-order valence-electron chi connectivity index (χ3n) is 5.94. The minimum atomic E-state index is -0.684. The molecule has 0 unspecified atom stereocenters. The molecule has 10 nitrogen and oxygen atoms in total. The minimum absolute atomic E-state index is 0.138. The van der Waals surface area contributed by atoms with E-state index in [2.05, 4.69) is 30.6 Å². The number of hydrogen-bond acceptors (Lipinski definition) is 8. The van der Waals surface area contributed by atoms with Crippen LogP contribution in [0.3, 0.4) is 0 Å². The molecule has 0 atom stereocenters. The van der Waals surface area contributed by atoms with Crippen molar-refractivity contribution in [2.45, 2.75) is 6.92 Å². The Morgan fingerprint density at radius 1 is 1.07 bits per heavy atom. The van der Waals surface area contributed by atoms with Crippen molar-refractivity contribution in [2.75, 3.05) is 10.6 Å². The van der Waals surface area contributed by atoms with Crippen molar-refractivity contribution in [3.05, 3.63) is 88.0 Å². The van der Waals surface area contributed by atoms with Gasteiger partial charge in [0.15, 0.2) is 5.82 Å². The third-order valence-corrected chi connectivity index (χ3v) is 7.05. The van der Waals surface area contributed by atoms with Crippen molar-refractivity contribution in [1.82, 2.24) is 29.5 Å². The number of fused-ring (bicyclic) bond motifs is 1. The number of carbonyl (C=O) groups is 1. The molecule has 6 aromatic rings. The van der Waals surface area contributed by atoms with E-state index in [4.69, 9.17) is 21.3 Å². The Morgan fingerprint density at radius 2 is 1.93 bits per heavy atom. The molecule has 13 heteroatoms. The molecule has 0 bridgehead atoms. The van der Waals surface area contributed by atoms with Crippen LogP contribution in [0.4, 0.5) is 21.7 Å². The average molecular weight is 575 g/mol. The number of nitrogens with one attached hydrogen (secondary N) is 3. The van der Waals surface area contributed by atoms with Gasteiger partial charge in [0.1, 0.15) is 22.1 Å². The van der Waals surface area contributed by atoms with E-state index in [0.717, 1.165) is 11.2 Å². The quantitative estimate of drug-likeness (QED) is 0.194. The van der Waals surface area contributed by atoms with Gasteiger partial charge in [0.2, 0.25) is 5.95 Å². The van der Waals surface area contributed by atoms with Crippen LogP contribution in [0.15, 0.2) is 67.1 Å². The molecule has 2 aromatic carbocycles. The lowest BCUT2D eigenvalue weighted by Gasteiger charge is -2.10. The maximum absolute atomic E-state index is 13.2. The first-order valence-corrected chi connectivity index (χ1v) is 13.1. The molecule has 6 rings (SSSR count). The summed E-state index contributed by atoms with van der Waals surface area (Å²) in [6, 6.07) is 14.3. The van der Waals surface area contributed by atoms with Crippen LogP contribution in [0.2, 0.25) is 5.02 Å². The van der Waals surface area contributed by atoms with Crippen molar-refractivity contribution in [2.24, 2.45) is 7.05 Å². The lowest BCUT2D eigenvalue weighted by molar-refractivity contribution is 0.103. The van der Waals surface area contributed by atoms with Crippen molar-refractivity contribution < 1.29 is 13.9 Å². The molecule has 0 fully saturated rings. The zero-order valence-electron chi connectivity index (χ0n) is 21.1. The summed E-state index contributed by atoms with van der Waals surface area (Å²) in [5.74, 6) is 1.96. The Balaban J connectivity index is 1.21. The molecule has 3 N–H and O–H groups in total. The summed E-state index contributed by atoms with van der Waals surface area (Å²) in [4.78, 5) is 32.6. The van der Waals surface area contributed by atoms with Crippen LogP contribution < -0.4 is 15.4 Å². The molecule has 0 aliphatic rings. The van der Waals surface area contributed by atoms with Crippen molar-refractivity contribution in [3.8, 4) is 23.0 Å². The highest BCUT2D eigenvalue weighted by atomic mass is 35.5. The summed E-state index contributed by atoms with van der Waals surface area (Å²) in [5, 5.41) is 5.59. The zero-order chi connectivity index (χ0) is 27.8. The number of amides is 1. The molecular weight excluding hydrogens is 555 g/mol. The van der Waals surface area contributed by atoms with Crippen LogP contribution in [-0.4, -0.2) is 35.4 Å². The molecule has 0 radical (unpaired) electrons. The monoisotopic (exact) mass is 574 g/mol. The number of hydrogen-bond donors (Lipinski definition) is 3. The van der Waals surface area contributed by atoms with Crippen LogP contribution in [0, 0.1) is 12.2 Å². The molecule has 40 heavy (non-hydrogen) atoms. The number of aryl methyl sites for hydroxylation is 2. The number of H-pyrrole nitrogens is 1. The second-order valence-corrected chi connectivity index (χ2v) is 10.2. The highest BCUT2D eigenvalue weighted by Gasteiger charge is 2.15. The lowest BCUT2D eigenvalue weighted by Crippen LogP contribution is -2.11. The number of thiazole rings is 1. The molecule has 200 valence electrons. The van der Waals surface area contributed by atoms with E-state index in [9.17, 15) is 9.18 Å². The van der Waals surface area contributed by atoms with Crippen molar-refractivity contribution in [3.63, 3.8) is 0 Å². The first-order chi connectivity index (χ1) is 19.3. The molecular formula is C27H20ClFN8O2S. The zero-order valence-corrected chi connectivity index (χ0v) is 22.6. The van der Waals surface area contributed by atoms with Gasteiger partial charge in [0.25, 0.3) is 11.2 Å². The number of rotatable bonds is 7. The van der Waals surface area contributed by atoms with Crippen LogP contribution in [0.5, 0.6) is 11.5 Å². The van der Waals surface area contributed by atoms with Crippen molar-refractivity contribution in [1.29, 1.82) is 0 Å². The van der Waals surface area contributed by atoms with Crippen LogP contribution >= 0.6 is 22.9 Å². The van der Waals surface area contributed by atoms with Gasteiger partial charge in [-0.3, -0.25) is 9.78 Å². The molecule has 4 heterocycles. The number of halogens is 2. The number of ether oxygens (including phenoxy) is 1. The summed E-state index contributed by atoms with van der Waals surface area (Å²) in [7, 11) is 1.88. The van der Waals surface area contributed by atoms with Crippen LogP contribution in [0.1, 0.15) is 15.4 Å². The lowest BCUT2D eigenvalue weighted by atomic mass is 10.2. The van der Waals surface area contributed by atoms with Crippen LogP contribution in [-0.2, 0) is 7.05 Å². The third kappa shape index (κ3) is 5.22. The first-order valence-electron chi connectivity index (χ1n) is 11.9. The predicted molar refractivity (Wildman–Crippen MR) is 152 cm³/mol. The van der Waals surface area contributed by atoms with Crippen molar-refractivity contribution >= 4 is 57.2 Å². The number of pyridine rings is 1. The summed E-state index contributed by atoms with van der Waals surface area (Å²) in [5.41, 5.74) is 4.22. The number of anilines is 3. The van der Waals surface area contributed by atoms with Gasteiger partial charge in [0.05, 0.1) is 27.9 Å². The van der Waals surface area contributed by atoms with Gasteiger partial charge in [-0.05, 0) is 43.3 Å². The topological polar surface area (TPSA) is 123 Å². The number of carbonyl (C=O) groups excluding carboxylic acids is 1.